The van der Waals surface area contributed by atoms with Gasteiger partial charge < -0.3 is 4.74 Å². The molecule has 2 aromatic rings. The van der Waals surface area contributed by atoms with Crippen molar-refractivity contribution in [3.63, 3.8) is 0 Å². The molecule has 0 aromatic heterocycles. The van der Waals surface area contributed by atoms with Gasteiger partial charge in [0.1, 0.15) is 11.5 Å². The third-order valence-corrected chi connectivity index (χ3v) is 5.99. The number of likely N-dealkylation sites (N-methyl/N-ethyl adjacent to an activating group) is 1. The predicted molar refractivity (Wildman–Crippen MR) is 103 cm³/mol. The standard InChI is InChI=1S/C23H25NO2/c1-23(17-9-5-3-6-10-17,18-11-7-4-8-12-18)22(25)26-21-15-19-13-14-20(16-21)24(19)2/h3-14,19-21H,15-16H2,1-2H3. The van der Waals surface area contributed by atoms with Crippen molar-refractivity contribution in [2.75, 3.05) is 7.05 Å². The fourth-order valence-corrected chi connectivity index (χ4v) is 4.21. The van der Waals surface area contributed by atoms with Crippen LogP contribution >= 0.6 is 0 Å². The quantitative estimate of drug-likeness (QED) is 0.620. The van der Waals surface area contributed by atoms with E-state index >= 15 is 0 Å². The topological polar surface area (TPSA) is 29.5 Å². The summed E-state index contributed by atoms with van der Waals surface area (Å²) in [4.78, 5) is 15.8. The summed E-state index contributed by atoms with van der Waals surface area (Å²) in [5.41, 5.74) is 1.12. The molecule has 1 saturated heterocycles. The van der Waals surface area contributed by atoms with E-state index in [0.29, 0.717) is 12.1 Å². The molecule has 0 radical (unpaired) electrons. The highest BCUT2D eigenvalue weighted by Crippen LogP contribution is 2.36. The van der Waals surface area contributed by atoms with Gasteiger partial charge in [-0.2, -0.15) is 0 Å². The zero-order chi connectivity index (χ0) is 18.1. The maximum atomic E-state index is 13.4. The molecule has 0 aliphatic carbocycles. The molecular weight excluding hydrogens is 322 g/mol. The Hall–Kier alpha value is -2.39. The van der Waals surface area contributed by atoms with Crippen LogP contribution in [-0.4, -0.2) is 36.1 Å². The summed E-state index contributed by atoms with van der Waals surface area (Å²) in [5, 5.41) is 0. The average Bonchev–Trinajstić information content (AvgIpc) is 2.89. The monoisotopic (exact) mass is 347 g/mol. The van der Waals surface area contributed by atoms with Crippen LogP contribution < -0.4 is 0 Å². The van der Waals surface area contributed by atoms with Gasteiger partial charge in [0.25, 0.3) is 0 Å². The molecular formula is C23H25NO2. The van der Waals surface area contributed by atoms with E-state index in [9.17, 15) is 4.79 Å². The molecule has 3 heteroatoms. The van der Waals surface area contributed by atoms with Gasteiger partial charge in [-0.05, 0) is 25.1 Å². The second-order valence-corrected chi connectivity index (χ2v) is 7.54. The second kappa shape index (κ2) is 6.73. The summed E-state index contributed by atoms with van der Waals surface area (Å²) < 4.78 is 6.09. The molecule has 2 aliphatic rings. The van der Waals surface area contributed by atoms with Crippen LogP contribution in [0.2, 0.25) is 0 Å². The van der Waals surface area contributed by atoms with Crippen LogP contribution in [0.1, 0.15) is 30.9 Å². The van der Waals surface area contributed by atoms with Crippen LogP contribution in [0.3, 0.4) is 0 Å². The number of esters is 1. The fourth-order valence-electron chi connectivity index (χ4n) is 4.21. The minimum atomic E-state index is -0.807. The van der Waals surface area contributed by atoms with E-state index in [1.165, 1.54) is 0 Å². The number of carbonyl (C=O) groups is 1. The van der Waals surface area contributed by atoms with Crippen molar-refractivity contribution in [1.82, 2.24) is 4.90 Å². The van der Waals surface area contributed by atoms with E-state index < -0.39 is 5.41 Å². The van der Waals surface area contributed by atoms with Crippen LogP contribution in [0, 0.1) is 0 Å². The van der Waals surface area contributed by atoms with Gasteiger partial charge in [0.15, 0.2) is 0 Å². The van der Waals surface area contributed by atoms with Gasteiger partial charge in [-0.3, -0.25) is 9.69 Å². The van der Waals surface area contributed by atoms with Crippen LogP contribution in [0.15, 0.2) is 72.8 Å². The van der Waals surface area contributed by atoms with Crippen molar-refractivity contribution >= 4 is 5.97 Å². The molecule has 2 aliphatic heterocycles. The third kappa shape index (κ3) is 2.86. The molecule has 2 atom stereocenters. The minimum absolute atomic E-state index is 0.0320. The summed E-state index contributed by atoms with van der Waals surface area (Å²) in [5.74, 6) is -0.163. The molecule has 0 amide bonds. The number of nitrogens with zero attached hydrogens (tertiary/aromatic N) is 1. The Morgan fingerprint density at radius 1 is 0.923 bits per heavy atom. The number of fused-ring (bicyclic) bond motifs is 2. The van der Waals surface area contributed by atoms with E-state index in [-0.39, 0.29) is 12.1 Å². The summed E-state index contributed by atoms with van der Waals surface area (Å²) in [7, 11) is 2.14. The zero-order valence-corrected chi connectivity index (χ0v) is 15.3. The van der Waals surface area contributed by atoms with Gasteiger partial charge in [0, 0.05) is 24.9 Å². The lowest BCUT2D eigenvalue weighted by Crippen LogP contribution is -2.46. The van der Waals surface area contributed by atoms with Crippen LogP contribution in [0.4, 0.5) is 0 Å². The Labute approximate surface area is 155 Å². The summed E-state index contributed by atoms with van der Waals surface area (Å²) in [6.45, 7) is 1.97. The van der Waals surface area contributed by atoms with Crippen molar-refractivity contribution in [1.29, 1.82) is 0 Å². The van der Waals surface area contributed by atoms with Gasteiger partial charge in [-0.25, -0.2) is 0 Å². The van der Waals surface area contributed by atoms with Crippen molar-refractivity contribution in [2.24, 2.45) is 0 Å². The van der Waals surface area contributed by atoms with Crippen molar-refractivity contribution < 1.29 is 9.53 Å². The fraction of sp³-hybridized carbons (Fsp3) is 0.348. The van der Waals surface area contributed by atoms with E-state index in [1.54, 1.807) is 0 Å². The van der Waals surface area contributed by atoms with Gasteiger partial charge in [-0.15, -0.1) is 0 Å². The van der Waals surface area contributed by atoms with E-state index in [0.717, 1.165) is 24.0 Å². The first-order valence-corrected chi connectivity index (χ1v) is 9.31. The smallest absolute Gasteiger partial charge is 0.321 e. The molecule has 134 valence electrons. The molecule has 2 aromatic carbocycles. The number of piperidine rings is 1. The Balaban J connectivity index is 1.62. The van der Waals surface area contributed by atoms with Crippen LogP contribution in [0.25, 0.3) is 0 Å². The lowest BCUT2D eigenvalue weighted by Gasteiger charge is -2.38. The second-order valence-electron chi connectivity index (χ2n) is 7.54. The molecule has 2 unspecified atom stereocenters. The number of benzene rings is 2. The lowest BCUT2D eigenvalue weighted by molar-refractivity contribution is -0.157. The van der Waals surface area contributed by atoms with Gasteiger partial charge in [-0.1, -0.05) is 72.8 Å². The maximum Gasteiger partial charge on any atom is 0.321 e. The zero-order valence-electron chi connectivity index (χ0n) is 15.3. The number of rotatable bonds is 4. The Morgan fingerprint density at radius 2 is 1.38 bits per heavy atom. The molecule has 0 saturated carbocycles. The number of ether oxygens (including phenoxy) is 1. The maximum absolute atomic E-state index is 13.4. The number of hydrogen-bond donors (Lipinski definition) is 0. The molecule has 0 spiro atoms. The average molecular weight is 347 g/mol. The first kappa shape index (κ1) is 17.0. The van der Waals surface area contributed by atoms with E-state index in [2.05, 4.69) is 24.1 Å². The highest BCUT2D eigenvalue weighted by molar-refractivity contribution is 5.87. The third-order valence-electron chi connectivity index (χ3n) is 5.99. The molecule has 0 N–H and O–H groups in total. The van der Waals surface area contributed by atoms with Crippen molar-refractivity contribution in [3.05, 3.63) is 83.9 Å². The number of hydrogen-bond acceptors (Lipinski definition) is 3. The van der Waals surface area contributed by atoms with Gasteiger partial charge >= 0.3 is 5.97 Å². The normalized spacial score (nSPS) is 25.2. The predicted octanol–water partition coefficient (Wildman–Crippen LogP) is 3.94. The number of carbonyl (C=O) groups excluding carboxylic acids is 1. The van der Waals surface area contributed by atoms with Gasteiger partial charge in [0.05, 0.1) is 0 Å². The SMILES string of the molecule is CN1C2C=CC1CC(OC(=O)C(C)(c1ccccc1)c1ccccc1)C2. The molecule has 26 heavy (non-hydrogen) atoms. The summed E-state index contributed by atoms with van der Waals surface area (Å²) >= 11 is 0. The molecule has 1 fully saturated rings. The summed E-state index contributed by atoms with van der Waals surface area (Å²) in [6, 6.07) is 20.6. The highest BCUT2D eigenvalue weighted by Gasteiger charge is 2.42. The first-order valence-electron chi connectivity index (χ1n) is 9.31. The Morgan fingerprint density at radius 3 is 1.85 bits per heavy atom. The van der Waals surface area contributed by atoms with Crippen molar-refractivity contribution in [2.45, 2.75) is 43.4 Å². The Bertz CT molecular complexity index is 744. The van der Waals surface area contributed by atoms with Crippen LogP contribution in [0.5, 0.6) is 0 Å². The molecule has 3 nitrogen and oxygen atoms in total. The Kier molecular flexibility index (Phi) is 4.41. The van der Waals surface area contributed by atoms with E-state index in [4.69, 9.17) is 4.74 Å². The van der Waals surface area contributed by atoms with Gasteiger partial charge in [0.2, 0.25) is 0 Å². The van der Waals surface area contributed by atoms with Crippen molar-refractivity contribution in [3.8, 4) is 0 Å². The molecule has 4 rings (SSSR count). The molecule has 2 bridgehead atoms. The lowest BCUT2D eigenvalue weighted by atomic mass is 9.76. The van der Waals surface area contributed by atoms with E-state index in [1.807, 2.05) is 67.6 Å². The molecule has 2 heterocycles. The first-order chi connectivity index (χ1) is 12.6. The minimum Gasteiger partial charge on any atom is -0.461 e. The summed E-state index contributed by atoms with van der Waals surface area (Å²) in [6.07, 6.45) is 6.19. The largest absolute Gasteiger partial charge is 0.461 e. The highest BCUT2D eigenvalue weighted by atomic mass is 16.5. The van der Waals surface area contributed by atoms with Crippen LogP contribution in [-0.2, 0) is 14.9 Å².